The Balaban J connectivity index is 2.99. The van der Waals surface area contributed by atoms with Gasteiger partial charge in [0.15, 0.2) is 8.32 Å². The van der Waals surface area contributed by atoms with Crippen molar-refractivity contribution >= 4 is 8.32 Å². The number of rotatable bonds is 6. The molecule has 0 aliphatic carbocycles. The molecule has 0 spiro atoms. The minimum absolute atomic E-state index is 0.132. The molecule has 0 bridgehead atoms. The summed E-state index contributed by atoms with van der Waals surface area (Å²) < 4.78 is 6.49. The van der Waals surface area contributed by atoms with E-state index >= 15 is 0 Å². The molecule has 1 rings (SSSR count). The topological polar surface area (TPSA) is 29.5 Å². The third kappa shape index (κ3) is 4.43. The maximum absolute atomic E-state index is 11.3. The zero-order valence-electron chi connectivity index (χ0n) is 15.6. The lowest BCUT2D eigenvalue weighted by Crippen LogP contribution is -2.54. The van der Waals surface area contributed by atoms with Crippen LogP contribution in [0.5, 0.6) is 0 Å². The first-order chi connectivity index (χ1) is 9.90. The van der Waals surface area contributed by atoms with E-state index in [0.29, 0.717) is 6.42 Å². The van der Waals surface area contributed by atoms with E-state index in [0.717, 1.165) is 5.56 Å². The highest BCUT2D eigenvalue weighted by molar-refractivity contribution is 6.74. The maximum atomic E-state index is 11.3. The molecule has 0 fully saturated rings. The second-order valence-electron chi connectivity index (χ2n) is 8.33. The van der Waals surface area contributed by atoms with Gasteiger partial charge in [-0.25, -0.2) is 0 Å². The highest BCUT2D eigenvalue weighted by atomic mass is 28.4. The zero-order valence-corrected chi connectivity index (χ0v) is 16.6. The quantitative estimate of drug-likeness (QED) is 0.745. The molecule has 1 aromatic rings. The maximum Gasteiger partial charge on any atom is 0.192 e. The molecule has 0 aliphatic heterocycles. The summed E-state index contributed by atoms with van der Waals surface area (Å²) in [6.45, 7) is 17.4. The van der Waals surface area contributed by atoms with Crippen molar-refractivity contribution < 1.29 is 9.53 Å². The van der Waals surface area contributed by atoms with Crippen LogP contribution in [0.4, 0.5) is 0 Å². The molecule has 0 unspecified atom stereocenters. The summed E-state index contributed by atoms with van der Waals surface area (Å²) in [6.07, 6.45) is 0.440. The second kappa shape index (κ2) is 6.86. The van der Waals surface area contributed by atoms with E-state index in [1.165, 1.54) is 0 Å². The molecule has 1 aromatic carbocycles. The highest BCUT2D eigenvalue weighted by Crippen LogP contribution is 2.40. The minimum Gasteiger partial charge on any atom is -0.411 e. The van der Waals surface area contributed by atoms with Gasteiger partial charge in [-0.3, -0.25) is 0 Å². The number of hydrogen-bond acceptors (Lipinski definition) is 2. The van der Waals surface area contributed by atoms with Crippen LogP contribution >= 0.6 is 0 Å². The lowest BCUT2D eigenvalue weighted by molar-refractivity contribution is -0.0907. The monoisotopic (exact) mass is 322 g/mol. The van der Waals surface area contributed by atoms with Crippen molar-refractivity contribution in [3.63, 3.8) is 0 Å². The van der Waals surface area contributed by atoms with Crippen LogP contribution in [0.3, 0.4) is 0 Å². The molecule has 22 heavy (non-hydrogen) atoms. The molecule has 1 N–H and O–H groups in total. The zero-order chi connectivity index (χ0) is 17.2. The van der Waals surface area contributed by atoms with Crippen molar-refractivity contribution in [2.24, 2.45) is 5.92 Å². The van der Waals surface area contributed by atoms with Crippen molar-refractivity contribution in [3.8, 4) is 0 Å². The molecule has 3 heteroatoms. The van der Waals surface area contributed by atoms with Crippen LogP contribution in [-0.4, -0.2) is 25.1 Å². The van der Waals surface area contributed by atoms with Crippen LogP contribution in [0, 0.1) is 5.92 Å². The van der Waals surface area contributed by atoms with E-state index in [-0.39, 0.29) is 17.1 Å². The molecule has 126 valence electrons. The number of aliphatic hydroxyl groups is 1. The van der Waals surface area contributed by atoms with Gasteiger partial charge >= 0.3 is 0 Å². The van der Waals surface area contributed by atoms with Gasteiger partial charge in [0.05, 0.1) is 11.7 Å². The summed E-state index contributed by atoms with van der Waals surface area (Å²) in [7, 11) is -1.90. The summed E-state index contributed by atoms with van der Waals surface area (Å²) in [5.74, 6) is 0.132. The highest BCUT2D eigenvalue weighted by Gasteiger charge is 2.45. The Hall–Kier alpha value is -0.643. The largest absolute Gasteiger partial charge is 0.411 e. The summed E-state index contributed by atoms with van der Waals surface area (Å²) in [4.78, 5) is 0. The van der Waals surface area contributed by atoms with Crippen molar-refractivity contribution in [1.82, 2.24) is 0 Å². The third-order valence-corrected chi connectivity index (χ3v) is 9.87. The van der Waals surface area contributed by atoms with Crippen LogP contribution < -0.4 is 0 Å². The molecule has 2 atom stereocenters. The van der Waals surface area contributed by atoms with Crippen molar-refractivity contribution in [2.75, 3.05) is 0 Å². The Morgan fingerprint density at radius 3 is 1.95 bits per heavy atom. The van der Waals surface area contributed by atoms with Gasteiger partial charge < -0.3 is 9.53 Å². The van der Waals surface area contributed by atoms with Crippen LogP contribution in [0.1, 0.15) is 47.1 Å². The average Bonchev–Trinajstić information content (AvgIpc) is 2.37. The van der Waals surface area contributed by atoms with Crippen molar-refractivity contribution in [2.45, 2.75) is 77.8 Å². The number of benzene rings is 1. The molecular formula is C19H34O2Si. The van der Waals surface area contributed by atoms with Crippen LogP contribution in [0.15, 0.2) is 30.3 Å². The Bertz CT molecular complexity index is 462. The lowest BCUT2D eigenvalue weighted by Gasteiger charge is -2.45. The van der Waals surface area contributed by atoms with E-state index in [9.17, 15) is 5.11 Å². The van der Waals surface area contributed by atoms with Crippen molar-refractivity contribution in [1.29, 1.82) is 0 Å². The van der Waals surface area contributed by atoms with E-state index in [1.807, 2.05) is 25.1 Å². The molecule has 0 heterocycles. The van der Waals surface area contributed by atoms with Crippen LogP contribution in [-0.2, 0) is 10.8 Å². The molecule has 0 amide bonds. The van der Waals surface area contributed by atoms with Gasteiger partial charge in [0.1, 0.15) is 0 Å². The first-order valence-electron chi connectivity index (χ1n) is 8.34. The SMILES string of the molecule is CC(C)[C@@](O)(Cc1ccccc1)[C@@H](C)O[Si](C)(C)C(C)(C)C. The smallest absolute Gasteiger partial charge is 0.192 e. The molecule has 0 radical (unpaired) electrons. The van der Waals surface area contributed by atoms with E-state index in [2.05, 4.69) is 59.8 Å². The fourth-order valence-corrected chi connectivity index (χ4v) is 3.90. The Morgan fingerprint density at radius 1 is 1.05 bits per heavy atom. The summed E-state index contributed by atoms with van der Waals surface area (Å²) in [5.41, 5.74) is 0.307. The van der Waals surface area contributed by atoms with Gasteiger partial charge in [0.2, 0.25) is 0 Å². The third-order valence-electron chi connectivity index (χ3n) is 5.31. The van der Waals surface area contributed by atoms with E-state index < -0.39 is 13.9 Å². The van der Waals surface area contributed by atoms with Gasteiger partial charge in [-0.1, -0.05) is 65.0 Å². The van der Waals surface area contributed by atoms with Gasteiger partial charge in [0, 0.05) is 6.42 Å². The summed E-state index contributed by atoms with van der Waals surface area (Å²) >= 11 is 0. The van der Waals surface area contributed by atoms with Gasteiger partial charge in [-0.05, 0) is 36.5 Å². The van der Waals surface area contributed by atoms with Gasteiger partial charge in [-0.15, -0.1) is 0 Å². The fourth-order valence-electron chi connectivity index (χ4n) is 2.46. The molecule has 0 saturated carbocycles. The molecule has 0 saturated heterocycles. The molecule has 0 aliphatic rings. The average molecular weight is 323 g/mol. The predicted octanol–water partition coefficient (Wildman–Crippen LogP) is 5.03. The molecule has 2 nitrogen and oxygen atoms in total. The minimum atomic E-state index is -1.90. The standard InChI is InChI=1S/C19H34O2Si/c1-15(2)19(20,14-17-12-10-9-11-13-17)16(3)21-22(7,8)18(4,5)6/h9-13,15-16,20H,14H2,1-8H3/t16-,19+/m1/s1. The van der Waals surface area contributed by atoms with Crippen LogP contribution in [0.2, 0.25) is 18.1 Å². The normalized spacial score (nSPS) is 17.4. The Labute approximate surface area is 138 Å². The van der Waals surface area contributed by atoms with Gasteiger partial charge in [0.25, 0.3) is 0 Å². The van der Waals surface area contributed by atoms with E-state index in [1.54, 1.807) is 0 Å². The molecule has 0 aromatic heterocycles. The Kier molecular flexibility index (Phi) is 6.05. The van der Waals surface area contributed by atoms with Crippen LogP contribution in [0.25, 0.3) is 0 Å². The summed E-state index contributed by atoms with van der Waals surface area (Å²) in [5, 5.41) is 11.5. The number of hydrogen-bond donors (Lipinski definition) is 1. The predicted molar refractivity (Wildman–Crippen MR) is 97.7 cm³/mol. The Morgan fingerprint density at radius 2 is 1.55 bits per heavy atom. The molecular weight excluding hydrogens is 288 g/mol. The van der Waals surface area contributed by atoms with Gasteiger partial charge in [-0.2, -0.15) is 0 Å². The first kappa shape index (κ1) is 19.4. The lowest BCUT2D eigenvalue weighted by atomic mass is 9.80. The first-order valence-corrected chi connectivity index (χ1v) is 11.2. The second-order valence-corrected chi connectivity index (χ2v) is 13.1. The fraction of sp³-hybridized carbons (Fsp3) is 0.684. The van der Waals surface area contributed by atoms with E-state index in [4.69, 9.17) is 4.43 Å². The van der Waals surface area contributed by atoms with Crippen molar-refractivity contribution in [3.05, 3.63) is 35.9 Å². The summed E-state index contributed by atoms with van der Waals surface area (Å²) in [6, 6.07) is 10.2.